The van der Waals surface area contributed by atoms with Gasteiger partial charge >= 0.3 is 6.18 Å². The number of alkyl halides is 3. The minimum Gasteiger partial charge on any atom is -0.343 e. The number of nitrogens with zero attached hydrogens (tertiary/aromatic N) is 1. The first kappa shape index (κ1) is 17.8. The Morgan fingerprint density at radius 1 is 1.12 bits per heavy atom. The monoisotopic (exact) mass is 382 g/mol. The second-order valence-corrected chi connectivity index (χ2v) is 7.48. The Kier molecular flexibility index (Phi) is 5.29. The number of hydrogen-bond acceptors (Lipinski definition) is 4. The van der Waals surface area contributed by atoms with Crippen LogP contribution in [0.5, 0.6) is 0 Å². The zero-order valence-electron chi connectivity index (χ0n) is 12.8. The van der Waals surface area contributed by atoms with Gasteiger partial charge in [0, 0.05) is 11.3 Å². The SMILES string of the molecule is O=C(NCC(F)(F)F)c1ccc(CSc2nc3ccccc3s2)cc1. The molecule has 0 fully saturated rings. The zero-order valence-corrected chi connectivity index (χ0v) is 14.5. The summed E-state index contributed by atoms with van der Waals surface area (Å²) in [6.45, 7) is -1.33. The molecular formula is C17H13F3N2OS2. The van der Waals surface area contributed by atoms with Gasteiger partial charge in [0.15, 0.2) is 4.34 Å². The maximum Gasteiger partial charge on any atom is 0.405 e. The summed E-state index contributed by atoms with van der Waals surface area (Å²) in [4.78, 5) is 16.2. The lowest BCUT2D eigenvalue weighted by atomic mass is 10.1. The number of thiazole rings is 1. The van der Waals surface area contributed by atoms with E-state index in [1.54, 1.807) is 35.2 Å². The van der Waals surface area contributed by atoms with Gasteiger partial charge in [0.2, 0.25) is 0 Å². The number of amides is 1. The van der Waals surface area contributed by atoms with Gasteiger partial charge in [-0.05, 0) is 29.8 Å². The molecule has 0 bridgehead atoms. The lowest BCUT2D eigenvalue weighted by Crippen LogP contribution is -2.33. The van der Waals surface area contributed by atoms with Gasteiger partial charge in [0.05, 0.1) is 10.2 Å². The number of carbonyl (C=O) groups excluding carboxylic acids is 1. The van der Waals surface area contributed by atoms with Crippen LogP contribution in [-0.4, -0.2) is 23.6 Å². The largest absolute Gasteiger partial charge is 0.405 e. The van der Waals surface area contributed by atoms with Gasteiger partial charge in [-0.1, -0.05) is 36.0 Å². The number of carbonyl (C=O) groups is 1. The number of hydrogen-bond donors (Lipinski definition) is 1. The van der Waals surface area contributed by atoms with Crippen LogP contribution >= 0.6 is 23.1 Å². The van der Waals surface area contributed by atoms with Crippen molar-refractivity contribution >= 4 is 39.2 Å². The van der Waals surface area contributed by atoms with Gasteiger partial charge in [-0.15, -0.1) is 11.3 Å². The molecule has 0 aliphatic carbocycles. The third-order valence-corrected chi connectivity index (χ3v) is 5.55. The van der Waals surface area contributed by atoms with Crippen LogP contribution in [0.25, 0.3) is 10.2 Å². The van der Waals surface area contributed by atoms with Gasteiger partial charge in [-0.25, -0.2) is 4.98 Å². The molecule has 1 amide bonds. The fourth-order valence-electron chi connectivity index (χ4n) is 2.09. The van der Waals surface area contributed by atoms with Crippen LogP contribution in [0.1, 0.15) is 15.9 Å². The first-order valence-corrected chi connectivity index (χ1v) is 9.13. The van der Waals surface area contributed by atoms with E-state index in [-0.39, 0.29) is 5.56 Å². The lowest BCUT2D eigenvalue weighted by molar-refractivity contribution is -0.123. The molecule has 3 aromatic rings. The molecule has 25 heavy (non-hydrogen) atoms. The van der Waals surface area contributed by atoms with Crippen molar-refractivity contribution in [1.29, 1.82) is 0 Å². The smallest absolute Gasteiger partial charge is 0.343 e. The molecule has 1 N–H and O–H groups in total. The molecule has 1 aromatic heterocycles. The fraction of sp³-hybridized carbons (Fsp3) is 0.176. The van der Waals surface area contributed by atoms with Crippen molar-refractivity contribution in [2.24, 2.45) is 0 Å². The topological polar surface area (TPSA) is 42.0 Å². The van der Waals surface area contributed by atoms with Gasteiger partial charge in [0.25, 0.3) is 5.91 Å². The molecular weight excluding hydrogens is 369 g/mol. The fourth-order valence-corrected chi connectivity index (χ4v) is 4.12. The summed E-state index contributed by atoms with van der Waals surface area (Å²) in [6, 6.07) is 14.4. The highest BCUT2D eigenvalue weighted by atomic mass is 32.2. The third-order valence-electron chi connectivity index (χ3n) is 3.30. The summed E-state index contributed by atoms with van der Waals surface area (Å²) in [5.41, 5.74) is 2.14. The number of nitrogens with one attached hydrogen (secondary N) is 1. The van der Waals surface area contributed by atoms with Gasteiger partial charge in [-0.3, -0.25) is 4.79 Å². The minimum atomic E-state index is -4.41. The number of fused-ring (bicyclic) bond motifs is 1. The lowest BCUT2D eigenvalue weighted by Gasteiger charge is -2.08. The predicted molar refractivity (Wildman–Crippen MR) is 94.0 cm³/mol. The molecule has 3 rings (SSSR count). The van der Waals surface area contributed by atoms with E-state index in [2.05, 4.69) is 4.98 Å². The quantitative estimate of drug-likeness (QED) is 0.640. The molecule has 0 atom stereocenters. The number of benzene rings is 2. The molecule has 0 saturated carbocycles. The van der Waals surface area contributed by atoms with Crippen molar-refractivity contribution < 1.29 is 18.0 Å². The van der Waals surface area contributed by atoms with E-state index in [0.717, 1.165) is 20.1 Å². The zero-order chi connectivity index (χ0) is 17.9. The molecule has 0 radical (unpaired) electrons. The van der Waals surface area contributed by atoms with E-state index >= 15 is 0 Å². The van der Waals surface area contributed by atoms with Crippen LogP contribution in [0.3, 0.4) is 0 Å². The normalized spacial score (nSPS) is 11.6. The Labute approximate surface area is 150 Å². The van der Waals surface area contributed by atoms with Crippen LogP contribution in [0.4, 0.5) is 13.2 Å². The highest BCUT2D eigenvalue weighted by Gasteiger charge is 2.27. The van der Waals surface area contributed by atoms with Crippen LogP contribution in [0, 0.1) is 0 Å². The van der Waals surface area contributed by atoms with Crippen LogP contribution in [0.15, 0.2) is 52.9 Å². The number of thioether (sulfide) groups is 1. The van der Waals surface area contributed by atoms with Gasteiger partial charge < -0.3 is 5.32 Å². The molecule has 3 nitrogen and oxygen atoms in total. The number of para-hydroxylation sites is 1. The van der Waals surface area contributed by atoms with Crippen LogP contribution in [0.2, 0.25) is 0 Å². The standard InChI is InChI=1S/C17H13F3N2OS2/c18-17(19,20)10-21-15(23)12-7-5-11(6-8-12)9-24-16-22-13-3-1-2-4-14(13)25-16/h1-8H,9-10H2,(H,21,23). The predicted octanol–water partition coefficient (Wildman–Crippen LogP) is 4.88. The molecule has 0 aliphatic heterocycles. The van der Waals surface area contributed by atoms with E-state index in [0.29, 0.717) is 5.75 Å². The van der Waals surface area contributed by atoms with E-state index in [1.165, 1.54) is 12.1 Å². The minimum absolute atomic E-state index is 0.206. The van der Waals surface area contributed by atoms with Crippen LogP contribution in [-0.2, 0) is 5.75 Å². The molecule has 2 aromatic carbocycles. The van der Waals surface area contributed by atoms with Crippen molar-refractivity contribution in [2.75, 3.05) is 6.54 Å². The Balaban J connectivity index is 1.58. The summed E-state index contributed by atoms with van der Waals surface area (Å²) in [7, 11) is 0. The molecule has 8 heteroatoms. The maximum atomic E-state index is 12.1. The van der Waals surface area contributed by atoms with Crippen molar-refractivity contribution in [3.05, 3.63) is 59.7 Å². The van der Waals surface area contributed by atoms with E-state index in [1.807, 2.05) is 29.6 Å². The summed E-state index contributed by atoms with van der Waals surface area (Å²) in [6.07, 6.45) is -4.41. The second-order valence-electron chi connectivity index (χ2n) is 5.23. The Morgan fingerprint density at radius 3 is 2.52 bits per heavy atom. The summed E-state index contributed by atoms with van der Waals surface area (Å²) >= 11 is 3.20. The number of rotatable bonds is 5. The van der Waals surface area contributed by atoms with E-state index < -0.39 is 18.6 Å². The Morgan fingerprint density at radius 2 is 1.84 bits per heavy atom. The molecule has 0 spiro atoms. The molecule has 0 unspecified atom stereocenters. The first-order chi connectivity index (χ1) is 11.9. The number of halogens is 3. The van der Waals surface area contributed by atoms with Crippen molar-refractivity contribution in [3.8, 4) is 0 Å². The third kappa shape index (κ3) is 4.96. The highest BCUT2D eigenvalue weighted by Crippen LogP contribution is 2.31. The van der Waals surface area contributed by atoms with Gasteiger partial charge in [-0.2, -0.15) is 13.2 Å². The molecule has 0 aliphatic rings. The summed E-state index contributed by atoms with van der Waals surface area (Å²) in [5, 5.41) is 1.85. The first-order valence-electron chi connectivity index (χ1n) is 7.33. The summed E-state index contributed by atoms with van der Waals surface area (Å²) in [5.74, 6) is -0.0627. The Hall–Kier alpha value is -2.06. The highest BCUT2D eigenvalue weighted by molar-refractivity contribution is 8.00. The van der Waals surface area contributed by atoms with E-state index in [9.17, 15) is 18.0 Å². The van der Waals surface area contributed by atoms with Crippen molar-refractivity contribution in [1.82, 2.24) is 10.3 Å². The molecule has 1 heterocycles. The molecule has 130 valence electrons. The average Bonchev–Trinajstić information content (AvgIpc) is 3.00. The second kappa shape index (κ2) is 7.45. The summed E-state index contributed by atoms with van der Waals surface area (Å²) < 4.78 is 38.4. The number of aromatic nitrogens is 1. The Bertz CT molecular complexity index is 842. The molecule has 0 saturated heterocycles. The van der Waals surface area contributed by atoms with E-state index in [4.69, 9.17) is 0 Å². The van der Waals surface area contributed by atoms with Gasteiger partial charge in [0.1, 0.15) is 6.54 Å². The maximum absolute atomic E-state index is 12.1. The van der Waals surface area contributed by atoms with Crippen molar-refractivity contribution in [2.45, 2.75) is 16.3 Å². The van der Waals surface area contributed by atoms with Crippen molar-refractivity contribution in [3.63, 3.8) is 0 Å². The average molecular weight is 382 g/mol. The van der Waals surface area contributed by atoms with Crippen LogP contribution < -0.4 is 5.32 Å².